The number of hydrogen-bond donors (Lipinski definition) is 0. The van der Waals surface area contributed by atoms with Gasteiger partial charge in [-0.3, -0.25) is 4.18 Å². The average molecular weight is 388 g/mol. The van der Waals surface area contributed by atoms with Crippen LogP contribution in [0.3, 0.4) is 0 Å². The van der Waals surface area contributed by atoms with Crippen LogP contribution >= 0.6 is 0 Å². The smallest absolute Gasteiger partial charge is 0.238 e. The lowest BCUT2D eigenvalue weighted by Gasteiger charge is -2.00. The molecule has 0 radical (unpaired) electrons. The van der Waals surface area contributed by atoms with Crippen LogP contribution in [0.15, 0.2) is 54.6 Å². The SMILES string of the molecule is COS(=O)(=O)[O-].Cc1ccc(-c2cc(-c3cccc(C)c3)[n+](C)n2C)cc1. The summed E-state index contributed by atoms with van der Waals surface area (Å²) in [4.78, 5) is 0. The third-order valence-corrected chi connectivity index (χ3v) is 4.69. The maximum atomic E-state index is 9.22. The van der Waals surface area contributed by atoms with E-state index in [-0.39, 0.29) is 0 Å². The fourth-order valence-corrected chi connectivity index (χ4v) is 2.71. The number of benzene rings is 2. The quantitative estimate of drug-likeness (QED) is 0.393. The third kappa shape index (κ3) is 5.50. The van der Waals surface area contributed by atoms with Crippen LogP contribution in [-0.2, 0) is 28.7 Å². The molecule has 3 aromatic rings. The van der Waals surface area contributed by atoms with Gasteiger partial charge in [0, 0.05) is 17.2 Å². The molecule has 1 aromatic heterocycles. The molecule has 7 heteroatoms. The van der Waals surface area contributed by atoms with Crippen LogP contribution in [0.5, 0.6) is 0 Å². The summed E-state index contributed by atoms with van der Waals surface area (Å²) < 4.78 is 35.4. The van der Waals surface area contributed by atoms with Gasteiger partial charge in [0.05, 0.1) is 14.2 Å². The van der Waals surface area contributed by atoms with Crippen LogP contribution < -0.4 is 4.68 Å². The van der Waals surface area contributed by atoms with E-state index in [4.69, 9.17) is 0 Å². The van der Waals surface area contributed by atoms with Gasteiger partial charge in [-0.05, 0) is 26.0 Å². The van der Waals surface area contributed by atoms with Crippen LogP contribution in [0, 0.1) is 13.8 Å². The van der Waals surface area contributed by atoms with E-state index in [2.05, 4.69) is 96.1 Å². The standard InChI is InChI=1S/C19H21N2.CH4O4S/c1-14-8-10-16(11-9-14)18-13-19(21(4)20(18)3)17-7-5-6-15(2)12-17;1-5-6(2,3)4/h5-13H,1-4H3;1H3,(H,2,3,4)/q+1;/p-1. The highest BCUT2D eigenvalue weighted by Gasteiger charge is 2.19. The number of hydrogen-bond acceptors (Lipinski definition) is 4. The molecule has 0 bridgehead atoms. The third-order valence-electron chi connectivity index (χ3n) is 4.29. The molecule has 0 aliphatic heterocycles. The molecular weight excluding hydrogens is 364 g/mol. The first kappa shape index (κ1) is 20.8. The van der Waals surface area contributed by atoms with Crippen LogP contribution in [0.1, 0.15) is 11.1 Å². The van der Waals surface area contributed by atoms with Crippen LogP contribution in [0.4, 0.5) is 0 Å². The first-order valence-corrected chi connectivity index (χ1v) is 9.67. The second-order valence-electron chi connectivity index (χ2n) is 6.27. The molecule has 0 amide bonds. The monoisotopic (exact) mass is 388 g/mol. The molecule has 3 rings (SSSR count). The van der Waals surface area contributed by atoms with Crippen molar-refractivity contribution in [3.05, 3.63) is 65.7 Å². The zero-order valence-electron chi connectivity index (χ0n) is 16.1. The Hall–Kier alpha value is -2.48. The highest BCUT2D eigenvalue weighted by atomic mass is 32.3. The summed E-state index contributed by atoms with van der Waals surface area (Å²) in [5, 5.41) is 0. The van der Waals surface area contributed by atoms with Crippen molar-refractivity contribution in [3.63, 3.8) is 0 Å². The van der Waals surface area contributed by atoms with Crippen molar-refractivity contribution in [2.24, 2.45) is 14.1 Å². The van der Waals surface area contributed by atoms with Crippen molar-refractivity contribution in [2.75, 3.05) is 7.11 Å². The molecule has 0 N–H and O–H groups in total. The van der Waals surface area contributed by atoms with Crippen molar-refractivity contribution in [1.29, 1.82) is 0 Å². The summed E-state index contributed by atoms with van der Waals surface area (Å²) in [6.45, 7) is 4.25. The summed E-state index contributed by atoms with van der Waals surface area (Å²) in [6, 6.07) is 19.6. The zero-order valence-corrected chi connectivity index (χ0v) is 16.9. The van der Waals surface area contributed by atoms with Gasteiger partial charge in [0.2, 0.25) is 16.1 Å². The molecule has 0 atom stereocenters. The summed E-state index contributed by atoms with van der Waals surface area (Å²) in [5.41, 5.74) is 7.54. The van der Waals surface area contributed by atoms with Crippen molar-refractivity contribution in [1.82, 2.24) is 4.68 Å². The van der Waals surface area contributed by atoms with Crippen LogP contribution in [0.2, 0.25) is 0 Å². The zero-order chi connectivity index (χ0) is 20.2. The van der Waals surface area contributed by atoms with Gasteiger partial charge in [-0.15, -0.1) is 4.68 Å². The molecule has 0 saturated heterocycles. The molecule has 0 unspecified atom stereocenters. The molecule has 6 nitrogen and oxygen atoms in total. The van der Waals surface area contributed by atoms with E-state index >= 15 is 0 Å². The first-order chi connectivity index (χ1) is 12.6. The summed E-state index contributed by atoms with van der Waals surface area (Å²) in [6.07, 6.45) is 0. The minimum Gasteiger partial charge on any atom is -0.726 e. The van der Waals surface area contributed by atoms with Crippen LogP contribution in [-0.4, -0.2) is 24.8 Å². The fourth-order valence-electron chi connectivity index (χ4n) is 2.71. The second kappa shape index (κ2) is 8.47. The molecule has 0 aliphatic rings. The van der Waals surface area contributed by atoms with Crippen molar-refractivity contribution >= 4 is 10.4 Å². The normalized spacial score (nSPS) is 11.0. The van der Waals surface area contributed by atoms with Gasteiger partial charge in [0.25, 0.3) is 0 Å². The average Bonchev–Trinajstić information content (AvgIpc) is 2.91. The molecule has 27 heavy (non-hydrogen) atoms. The van der Waals surface area contributed by atoms with Crippen LogP contribution in [0.25, 0.3) is 22.5 Å². The molecule has 0 aliphatic carbocycles. The molecule has 2 aromatic carbocycles. The van der Waals surface area contributed by atoms with E-state index in [0.717, 1.165) is 7.11 Å². The Kier molecular flexibility index (Phi) is 6.54. The van der Waals surface area contributed by atoms with Gasteiger partial charge in [-0.25, -0.2) is 8.42 Å². The Balaban J connectivity index is 0.000000380. The van der Waals surface area contributed by atoms with Crippen molar-refractivity contribution < 1.29 is 21.8 Å². The maximum Gasteiger partial charge on any atom is 0.238 e. The molecule has 0 spiro atoms. The van der Waals surface area contributed by atoms with E-state index in [1.165, 1.54) is 33.6 Å². The molecule has 0 saturated carbocycles. The van der Waals surface area contributed by atoms with Gasteiger partial charge in [-0.2, -0.15) is 4.68 Å². The minimum absolute atomic E-state index is 0.808. The fraction of sp³-hybridized carbons (Fsp3) is 0.250. The number of aromatic nitrogens is 2. The first-order valence-electron chi connectivity index (χ1n) is 8.34. The van der Waals surface area contributed by atoms with Gasteiger partial charge in [0.1, 0.15) is 5.69 Å². The van der Waals surface area contributed by atoms with Gasteiger partial charge >= 0.3 is 0 Å². The number of aryl methyl sites for hydroxylation is 2. The minimum atomic E-state index is -4.41. The molecule has 0 fully saturated rings. The number of rotatable bonds is 3. The summed E-state index contributed by atoms with van der Waals surface area (Å²) in [5.74, 6) is 0. The Morgan fingerprint density at radius 3 is 2.07 bits per heavy atom. The summed E-state index contributed by atoms with van der Waals surface area (Å²) in [7, 11) is 0.608. The Morgan fingerprint density at radius 2 is 1.56 bits per heavy atom. The summed E-state index contributed by atoms with van der Waals surface area (Å²) >= 11 is 0. The number of nitrogens with zero attached hydrogens (tertiary/aromatic N) is 2. The lowest BCUT2D eigenvalue weighted by atomic mass is 10.1. The topological polar surface area (TPSA) is 75.2 Å². The van der Waals surface area contributed by atoms with Gasteiger partial charge in [0.15, 0.2) is 7.05 Å². The van der Waals surface area contributed by atoms with E-state index in [0.29, 0.717) is 0 Å². The highest BCUT2D eigenvalue weighted by molar-refractivity contribution is 7.80. The lowest BCUT2D eigenvalue weighted by molar-refractivity contribution is -0.740. The van der Waals surface area contributed by atoms with E-state index in [9.17, 15) is 13.0 Å². The second-order valence-corrected chi connectivity index (χ2v) is 7.42. The van der Waals surface area contributed by atoms with Gasteiger partial charge < -0.3 is 4.55 Å². The maximum absolute atomic E-state index is 9.22. The van der Waals surface area contributed by atoms with E-state index in [1.807, 2.05) is 0 Å². The molecule has 144 valence electrons. The van der Waals surface area contributed by atoms with E-state index in [1.54, 1.807) is 0 Å². The van der Waals surface area contributed by atoms with Crippen molar-refractivity contribution in [2.45, 2.75) is 13.8 Å². The predicted molar refractivity (Wildman–Crippen MR) is 104 cm³/mol. The molecular formula is C20H24N2O4S. The lowest BCUT2D eigenvalue weighted by Crippen LogP contribution is -2.39. The Labute approximate surface area is 160 Å². The Morgan fingerprint density at radius 1 is 0.963 bits per heavy atom. The predicted octanol–water partition coefficient (Wildman–Crippen LogP) is 2.89. The van der Waals surface area contributed by atoms with E-state index < -0.39 is 10.4 Å². The highest BCUT2D eigenvalue weighted by Crippen LogP contribution is 2.25. The van der Waals surface area contributed by atoms with Crippen molar-refractivity contribution in [3.8, 4) is 22.5 Å². The largest absolute Gasteiger partial charge is 0.726 e. The van der Waals surface area contributed by atoms with Gasteiger partial charge in [-0.1, -0.05) is 47.5 Å². The Bertz CT molecular complexity index is 1020. The molecule has 1 heterocycles.